The molecule has 1 spiro atoms. The van der Waals surface area contributed by atoms with Gasteiger partial charge in [-0.05, 0) is 69.0 Å². The lowest BCUT2D eigenvalue weighted by Gasteiger charge is -2.38. The molecule has 2 saturated heterocycles. The molecule has 4 heterocycles. The van der Waals surface area contributed by atoms with Crippen LogP contribution in [0.3, 0.4) is 0 Å². The van der Waals surface area contributed by atoms with Crippen molar-refractivity contribution < 1.29 is 23.1 Å². The number of anilines is 1. The molecule has 1 amide bonds. The summed E-state index contributed by atoms with van der Waals surface area (Å²) in [7, 11) is 0. The zero-order chi connectivity index (χ0) is 24.0. The first kappa shape index (κ1) is 22.6. The van der Waals surface area contributed by atoms with E-state index in [1.807, 2.05) is 19.1 Å². The molecule has 2 fully saturated rings. The van der Waals surface area contributed by atoms with Crippen molar-refractivity contribution in [2.75, 3.05) is 31.1 Å². The highest BCUT2D eigenvalue weighted by Gasteiger charge is 2.49. The predicted octanol–water partition coefficient (Wildman–Crippen LogP) is 2.68. The van der Waals surface area contributed by atoms with Crippen LogP contribution in [0.2, 0.25) is 0 Å². The van der Waals surface area contributed by atoms with Gasteiger partial charge in [-0.3, -0.25) is 14.5 Å². The zero-order valence-electron chi connectivity index (χ0n) is 18.9. The number of nitrogens with zero attached hydrogens (tertiary/aromatic N) is 4. The molecule has 10 heteroatoms. The van der Waals surface area contributed by atoms with Crippen LogP contribution in [0.25, 0.3) is 0 Å². The summed E-state index contributed by atoms with van der Waals surface area (Å²) < 4.78 is 31.4. The fourth-order valence-electron chi connectivity index (χ4n) is 5.35. The molecular formula is C24H26F2N4O4. The topological polar surface area (TPSA) is 84.7 Å². The minimum absolute atomic E-state index is 0.0961. The van der Waals surface area contributed by atoms with E-state index in [2.05, 4.69) is 10.00 Å². The van der Waals surface area contributed by atoms with Gasteiger partial charge in [-0.25, -0.2) is 4.79 Å². The van der Waals surface area contributed by atoms with Crippen LogP contribution in [0, 0.1) is 12.3 Å². The van der Waals surface area contributed by atoms with Gasteiger partial charge in [0, 0.05) is 24.7 Å². The monoisotopic (exact) mass is 472 g/mol. The first-order chi connectivity index (χ1) is 16.3. The number of aromatic nitrogens is 2. The second-order valence-electron chi connectivity index (χ2n) is 9.28. The highest BCUT2D eigenvalue weighted by atomic mass is 19.3. The molecule has 0 N–H and O–H groups in total. The van der Waals surface area contributed by atoms with Gasteiger partial charge in [0.1, 0.15) is 6.61 Å². The number of amides is 1. The lowest BCUT2D eigenvalue weighted by Crippen LogP contribution is -2.45. The number of alkyl halides is 2. The third-order valence-electron chi connectivity index (χ3n) is 7.57. The number of rotatable bonds is 5. The highest BCUT2D eigenvalue weighted by Crippen LogP contribution is 2.42. The molecular weight excluding hydrogens is 446 g/mol. The van der Waals surface area contributed by atoms with Gasteiger partial charge in [-0.15, -0.1) is 5.10 Å². The number of piperidine rings is 1. The van der Waals surface area contributed by atoms with Crippen molar-refractivity contribution in [2.24, 2.45) is 5.41 Å². The number of hydrogen-bond acceptors (Lipinski definition) is 6. The van der Waals surface area contributed by atoms with Crippen LogP contribution in [0.4, 0.5) is 14.6 Å². The van der Waals surface area contributed by atoms with Crippen molar-refractivity contribution in [3.63, 3.8) is 0 Å². The normalized spacial score (nSPS) is 19.8. The number of carbonyl (C=O) groups excluding carboxylic acids is 2. The molecule has 5 rings (SSSR count). The minimum atomic E-state index is -3.05. The Morgan fingerprint density at radius 2 is 1.79 bits per heavy atom. The fraction of sp³-hybridized carbons (Fsp3) is 0.500. The third-order valence-corrected chi connectivity index (χ3v) is 7.57. The lowest BCUT2D eigenvalue weighted by molar-refractivity contribution is -0.128. The van der Waals surface area contributed by atoms with Crippen molar-refractivity contribution in [2.45, 2.75) is 45.8 Å². The quantitative estimate of drug-likeness (QED) is 0.623. The molecule has 1 aromatic carbocycles. The van der Waals surface area contributed by atoms with Crippen molar-refractivity contribution >= 4 is 17.7 Å². The second kappa shape index (κ2) is 8.57. The van der Waals surface area contributed by atoms with E-state index in [1.54, 1.807) is 0 Å². The molecule has 0 unspecified atom stereocenters. The number of likely N-dealkylation sites (tertiary alicyclic amines) is 1. The maximum atomic E-state index is 13.3. The standard InChI is InChI=1S/C24H26F2N4O4/c1-15-16(2-3-17-18(15)14-34-21(17)32)6-10-28-11-7-24(8-12-28)9-13-29(22(24)33)19-4-5-20(31)30(27-19)23(25)26/h2-5,23H,6-14H2,1H3. The van der Waals surface area contributed by atoms with Gasteiger partial charge in [-0.2, -0.15) is 13.5 Å². The molecule has 34 heavy (non-hydrogen) atoms. The Hall–Kier alpha value is -3.14. The van der Waals surface area contributed by atoms with Gasteiger partial charge >= 0.3 is 12.5 Å². The average Bonchev–Trinajstić information content (AvgIpc) is 3.35. The van der Waals surface area contributed by atoms with Crippen molar-refractivity contribution in [1.29, 1.82) is 0 Å². The summed E-state index contributed by atoms with van der Waals surface area (Å²) in [5, 5.41) is 3.72. The summed E-state index contributed by atoms with van der Waals surface area (Å²) in [6, 6.07) is 6.20. The summed E-state index contributed by atoms with van der Waals surface area (Å²) in [6.45, 7) is 2.11. The van der Waals surface area contributed by atoms with E-state index in [-0.39, 0.29) is 22.4 Å². The van der Waals surface area contributed by atoms with E-state index >= 15 is 0 Å². The Kier molecular flexibility index (Phi) is 5.71. The van der Waals surface area contributed by atoms with E-state index in [4.69, 9.17) is 4.74 Å². The van der Waals surface area contributed by atoms with E-state index < -0.39 is 17.5 Å². The van der Waals surface area contributed by atoms with Crippen LogP contribution in [0.5, 0.6) is 0 Å². The molecule has 0 atom stereocenters. The van der Waals surface area contributed by atoms with Gasteiger partial charge in [-0.1, -0.05) is 6.07 Å². The van der Waals surface area contributed by atoms with Crippen molar-refractivity contribution in [3.8, 4) is 0 Å². The molecule has 1 aromatic heterocycles. The van der Waals surface area contributed by atoms with Crippen LogP contribution in [-0.4, -0.2) is 52.7 Å². The van der Waals surface area contributed by atoms with Gasteiger partial charge in [0.25, 0.3) is 5.56 Å². The molecule has 180 valence electrons. The van der Waals surface area contributed by atoms with Crippen LogP contribution in [-0.2, 0) is 22.6 Å². The molecule has 0 aliphatic carbocycles. The maximum Gasteiger partial charge on any atom is 0.338 e. The Morgan fingerprint density at radius 1 is 1.06 bits per heavy atom. The summed E-state index contributed by atoms with van der Waals surface area (Å²) in [5.74, 6) is -0.263. The van der Waals surface area contributed by atoms with Crippen molar-refractivity contribution in [3.05, 3.63) is 56.9 Å². The summed E-state index contributed by atoms with van der Waals surface area (Å²) in [5.41, 5.74) is 2.53. The largest absolute Gasteiger partial charge is 0.457 e. The SMILES string of the molecule is Cc1c(CCN2CCC3(CC2)CCN(c2ccc(=O)n(C(F)F)n2)C3=O)ccc2c1COC2=O. The number of fused-ring (bicyclic) bond motifs is 1. The molecule has 0 saturated carbocycles. The highest BCUT2D eigenvalue weighted by molar-refractivity contribution is 5.99. The van der Waals surface area contributed by atoms with Crippen molar-refractivity contribution in [1.82, 2.24) is 14.7 Å². The van der Waals surface area contributed by atoms with E-state index in [9.17, 15) is 23.2 Å². The van der Waals surface area contributed by atoms with Crippen LogP contribution >= 0.6 is 0 Å². The first-order valence-electron chi connectivity index (χ1n) is 11.5. The van der Waals surface area contributed by atoms with E-state index in [0.29, 0.717) is 38.0 Å². The van der Waals surface area contributed by atoms with E-state index in [0.717, 1.165) is 43.2 Å². The number of cyclic esters (lactones) is 1. The average molecular weight is 472 g/mol. The summed E-state index contributed by atoms with van der Waals surface area (Å²) in [6.07, 6.45) is 2.89. The number of ether oxygens (including phenoxy) is 1. The minimum Gasteiger partial charge on any atom is -0.457 e. The Morgan fingerprint density at radius 3 is 2.53 bits per heavy atom. The lowest BCUT2D eigenvalue weighted by atomic mass is 9.77. The molecule has 2 aromatic rings. The Labute approximate surface area is 195 Å². The third kappa shape index (κ3) is 3.79. The van der Waals surface area contributed by atoms with Gasteiger partial charge in [0.15, 0.2) is 5.82 Å². The number of hydrogen-bond donors (Lipinski definition) is 0. The molecule has 8 nitrogen and oxygen atoms in total. The maximum absolute atomic E-state index is 13.3. The van der Waals surface area contributed by atoms with Gasteiger partial charge < -0.3 is 9.64 Å². The molecule has 0 radical (unpaired) electrons. The van der Waals surface area contributed by atoms with Crippen LogP contribution < -0.4 is 10.5 Å². The van der Waals surface area contributed by atoms with Crippen LogP contribution in [0.1, 0.15) is 52.9 Å². The Bertz CT molecular complexity index is 1200. The zero-order valence-corrected chi connectivity index (χ0v) is 18.9. The molecule has 3 aliphatic heterocycles. The number of benzene rings is 1. The van der Waals surface area contributed by atoms with Gasteiger partial charge in [0.2, 0.25) is 5.91 Å². The number of esters is 1. The fourth-order valence-corrected chi connectivity index (χ4v) is 5.35. The molecule has 3 aliphatic rings. The Balaban J connectivity index is 1.21. The van der Waals surface area contributed by atoms with Crippen LogP contribution in [0.15, 0.2) is 29.1 Å². The predicted molar refractivity (Wildman–Crippen MR) is 119 cm³/mol. The van der Waals surface area contributed by atoms with Gasteiger partial charge in [0.05, 0.1) is 11.0 Å². The second-order valence-corrected chi connectivity index (χ2v) is 9.28. The summed E-state index contributed by atoms with van der Waals surface area (Å²) in [4.78, 5) is 40.4. The number of carbonyl (C=O) groups is 2. The molecule has 0 bridgehead atoms. The smallest absolute Gasteiger partial charge is 0.338 e. The summed E-state index contributed by atoms with van der Waals surface area (Å²) >= 11 is 0. The number of halogens is 2. The van der Waals surface area contributed by atoms with E-state index in [1.165, 1.54) is 16.5 Å². The first-order valence-corrected chi connectivity index (χ1v) is 11.5.